The van der Waals surface area contributed by atoms with Gasteiger partial charge in [-0.05, 0) is 30.7 Å². The van der Waals surface area contributed by atoms with Crippen LogP contribution in [0.15, 0.2) is 30.3 Å². The lowest BCUT2D eigenvalue weighted by molar-refractivity contribution is 0.340. The lowest BCUT2D eigenvalue weighted by Gasteiger charge is -2.06. The molecule has 5 heteroatoms. The van der Waals surface area contributed by atoms with Crippen LogP contribution in [0, 0.1) is 0 Å². The quantitative estimate of drug-likeness (QED) is 0.909. The molecule has 0 saturated carbocycles. The van der Waals surface area contributed by atoms with E-state index in [-0.39, 0.29) is 0 Å². The highest BCUT2D eigenvalue weighted by molar-refractivity contribution is 6.29. The van der Waals surface area contributed by atoms with Gasteiger partial charge in [-0.3, -0.25) is 0 Å². The maximum Gasteiger partial charge on any atom is 0.154 e. The molecule has 0 bridgehead atoms. The Kier molecular flexibility index (Phi) is 3.44. The zero-order chi connectivity index (χ0) is 12.3. The van der Waals surface area contributed by atoms with E-state index < -0.39 is 0 Å². The molecule has 0 spiro atoms. The molecule has 2 N–H and O–H groups in total. The molecule has 0 radical (unpaired) electrons. The average Bonchev–Trinajstić information content (AvgIpc) is 2.34. The van der Waals surface area contributed by atoms with Gasteiger partial charge >= 0.3 is 0 Å². The van der Waals surface area contributed by atoms with E-state index in [0.717, 1.165) is 16.9 Å². The molecule has 4 nitrogen and oxygen atoms in total. The van der Waals surface area contributed by atoms with Gasteiger partial charge in [0.25, 0.3) is 0 Å². The summed E-state index contributed by atoms with van der Waals surface area (Å²) < 4.78 is 5.37. The SMILES string of the molecule is CCOc1ccc(-c2cc(Cl)nnc2N)cc1. The number of hydrogen-bond acceptors (Lipinski definition) is 4. The third-order valence-corrected chi connectivity index (χ3v) is 2.45. The summed E-state index contributed by atoms with van der Waals surface area (Å²) in [5, 5.41) is 7.78. The Morgan fingerprint density at radius 1 is 1.24 bits per heavy atom. The van der Waals surface area contributed by atoms with E-state index in [2.05, 4.69) is 10.2 Å². The molecule has 88 valence electrons. The molecule has 0 aliphatic carbocycles. The minimum Gasteiger partial charge on any atom is -0.494 e. The number of nitrogen functional groups attached to an aromatic ring is 1. The lowest BCUT2D eigenvalue weighted by Crippen LogP contribution is -1.97. The van der Waals surface area contributed by atoms with E-state index in [4.69, 9.17) is 22.1 Å². The predicted octanol–water partition coefficient (Wildman–Crippen LogP) is 2.78. The van der Waals surface area contributed by atoms with Crippen LogP contribution in [0.3, 0.4) is 0 Å². The summed E-state index contributed by atoms with van der Waals surface area (Å²) >= 11 is 5.79. The van der Waals surface area contributed by atoms with Gasteiger partial charge in [0.05, 0.1) is 6.61 Å². The minimum atomic E-state index is 0.322. The second kappa shape index (κ2) is 5.01. The van der Waals surface area contributed by atoms with Gasteiger partial charge in [-0.25, -0.2) is 0 Å². The molecule has 1 heterocycles. The number of rotatable bonds is 3. The zero-order valence-corrected chi connectivity index (χ0v) is 10.1. The minimum absolute atomic E-state index is 0.322. The Bertz CT molecular complexity index is 514. The maximum atomic E-state index is 5.79. The largest absolute Gasteiger partial charge is 0.494 e. The van der Waals surface area contributed by atoms with Crippen molar-refractivity contribution in [2.24, 2.45) is 0 Å². The first-order valence-corrected chi connectivity index (χ1v) is 5.60. The van der Waals surface area contributed by atoms with Crippen molar-refractivity contribution < 1.29 is 4.74 Å². The van der Waals surface area contributed by atoms with Crippen molar-refractivity contribution in [3.05, 3.63) is 35.5 Å². The van der Waals surface area contributed by atoms with Gasteiger partial charge in [0.2, 0.25) is 0 Å². The smallest absolute Gasteiger partial charge is 0.154 e. The topological polar surface area (TPSA) is 61.0 Å². The van der Waals surface area contributed by atoms with Crippen molar-refractivity contribution in [1.29, 1.82) is 0 Å². The Balaban J connectivity index is 2.36. The van der Waals surface area contributed by atoms with Crippen LogP contribution >= 0.6 is 11.6 Å². The number of ether oxygens (including phenoxy) is 1. The van der Waals surface area contributed by atoms with E-state index >= 15 is 0 Å². The molecule has 1 aromatic carbocycles. The van der Waals surface area contributed by atoms with Gasteiger partial charge in [-0.15, -0.1) is 10.2 Å². The third kappa shape index (κ3) is 2.65. The van der Waals surface area contributed by atoms with Crippen molar-refractivity contribution in [1.82, 2.24) is 10.2 Å². The first-order valence-electron chi connectivity index (χ1n) is 5.22. The second-order valence-corrected chi connectivity index (χ2v) is 3.81. The summed E-state index contributed by atoms with van der Waals surface area (Å²) in [6.45, 7) is 2.59. The highest BCUT2D eigenvalue weighted by atomic mass is 35.5. The van der Waals surface area contributed by atoms with Gasteiger partial charge in [-0.2, -0.15) is 0 Å². The van der Waals surface area contributed by atoms with Crippen LogP contribution in [0.4, 0.5) is 5.82 Å². The van der Waals surface area contributed by atoms with Crippen molar-refractivity contribution in [2.45, 2.75) is 6.92 Å². The van der Waals surface area contributed by atoms with Crippen LogP contribution in [0.1, 0.15) is 6.92 Å². The highest BCUT2D eigenvalue weighted by Crippen LogP contribution is 2.27. The van der Waals surface area contributed by atoms with E-state index in [0.29, 0.717) is 17.6 Å². The molecule has 0 aliphatic heterocycles. The van der Waals surface area contributed by atoms with Gasteiger partial charge in [0.15, 0.2) is 11.0 Å². The van der Waals surface area contributed by atoms with Crippen molar-refractivity contribution >= 4 is 17.4 Å². The molecule has 0 saturated heterocycles. The van der Waals surface area contributed by atoms with Crippen molar-refractivity contribution in [3.63, 3.8) is 0 Å². The molecule has 0 amide bonds. The fourth-order valence-corrected chi connectivity index (χ4v) is 1.65. The summed E-state index contributed by atoms with van der Waals surface area (Å²) in [6.07, 6.45) is 0. The number of anilines is 1. The van der Waals surface area contributed by atoms with Crippen LogP contribution < -0.4 is 10.5 Å². The molecular formula is C12H12ClN3O. The molecule has 0 fully saturated rings. The Morgan fingerprint density at radius 3 is 2.59 bits per heavy atom. The molecule has 2 aromatic rings. The van der Waals surface area contributed by atoms with Crippen molar-refractivity contribution in [3.8, 4) is 16.9 Å². The third-order valence-electron chi connectivity index (χ3n) is 2.27. The second-order valence-electron chi connectivity index (χ2n) is 3.42. The maximum absolute atomic E-state index is 5.79. The molecule has 0 unspecified atom stereocenters. The number of aromatic nitrogens is 2. The first-order chi connectivity index (χ1) is 8.20. The Labute approximate surface area is 104 Å². The number of nitrogens with zero attached hydrogens (tertiary/aromatic N) is 2. The molecule has 17 heavy (non-hydrogen) atoms. The average molecular weight is 250 g/mol. The van der Waals surface area contributed by atoms with Crippen molar-refractivity contribution in [2.75, 3.05) is 12.3 Å². The molecule has 0 atom stereocenters. The highest BCUT2D eigenvalue weighted by Gasteiger charge is 2.06. The number of hydrogen-bond donors (Lipinski definition) is 1. The van der Waals surface area contributed by atoms with E-state index in [1.165, 1.54) is 0 Å². The fourth-order valence-electron chi connectivity index (χ4n) is 1.51. The summed E-state index contributed by atoms with van der Waals surface area (Å²) in [5.74, 6) is 1.18. The summed E-state index contributed by atoms with van der Waals surface area (Å²) in [4.78, 5) is 0. The van der Waals surface area contributed by atoms with Gasteiger partial charge in [-0.1, -0.05) is 23.7 Å². The first kappa shape index (κ1) is 11.7. The van der Waals surface area contributed by atoms with Crippen LogP contribution in [-0.4, -0.2) is 16.8 Å². The van der Waals surface area contributed by atoms with Gasteiger partial charge in [0, 0.05) is 5.56 Å². The number of benzene rings is 1. The Hall–Kier alpha value is -1.81. The molecule has 2 rings (SSSR count). The normalized spacial score (nSPS) is 10.2. The van der Waals surface area contributed by atoms with Gasteiger partial charge < -0.3 is 10.5 Å². The predicted molar refractivity (Wildman–Crippen MR) is 68.1 cm³/mol. The number of halogens is 1. The van der Waals surface area contributed by atoms with Crippen LogP contribution in [-0.2, 0) is 0 Å². The monoisotopic (exact) mass is 249 g/mol. The van der Waals surface area contributed by atoms with E-state index in [9.17, 15) is 0 Å². The number of nitrogens with two attached hydrogens (primary N) is 1. The summed E-state index contributed by atoms with van der Waals surface area (Å²) in [6, 6.07) is 9.28. The standard InChI is InChI=1S/C12H12ClN3O/c1-2-17-9-5-3-8(4-6-9)10-7-11(13)15-16-12(10)14/h3-7H,2H2,1H3,(H2,14,16). The summed E-state index contributed by atoms with van der Waals surface area (Å²) in [7, 11) is 0. The molecule has 0 aliphatic rings. The Morgan fingerprint density at radius 2 is 1.94 bits per heavy atom. The van der Waals surface area contributed by atoms with Crippen LogP contribution in [0.2, 0.25) is 5.15 Å². The fraction of sp³-hybridized carbons (Fsp3) is 0.167. The zero-order valence-electron chi connectivity index (χ0n) is 9.35. The van der Waals surface area contributed by atoms with E-state index in [1.807, 2.05) is 31.2 Å². The van der Waals surface area contributed by atoms with E-state index in [1.54, 1.807) is 6.07 Å². The lowest BCUT2D eigenvalue weighted by atomic mass is 10.1. The molecule has 1 aromatic heterocycles. The summed E-state index contributed by atoms with van der Waals surface area (Å²) in [5.41, 5.74) is 7.46. The van der Waals surface area contributed by atoms with Gasteiger partial charge in [0.1, 0.15) is 5.75 Å². The molecular weight excluding hydrogens is 238 g/mol. The van der Waals surface area contributed by atoms with Crippen LogP contribution in [0.5, 0.6) is 5.75 Å². The van der Waals surface area contributed by atoms with Crippen LogP contribution in [0.25, 0.3) is 11.1 Å².